The van der Waals surface area contributed by atoms with E-state index in [0.717, 1.165) is 68.1 Å². The van der Waals surface area contributed by atoms with E-state index in [9.17, 15) is 0 Å². The highest BCUT2D eigenvalue weighted by Gasteiger charge is 2.23. The van der Waals surface area contributed by atoms with E-state index >= 15 is 0 Å². The summed E-state index contributed by atoms with van der Waals surface area (Å²) < 4.78 is 0. The number of hydrogen-bond donors (Lipinski definition) is 2. The fourth-order valence-electron chi connectivity index (χ4n) is 3.64. The summed E-state index contributed by atoms with van der Waals surface area (Å²) in [5, 5.41) is 7.01. The van der Waals surface area contributed by atoms with Crippen molar-refractivity contribution in [3.05, 3.63) is 40.6 Å². The molecule has 0 radical (unpaired) electrons. The molecule has 0 bridgehead atoms. The zero-order valence-corrected chi connectivity index (χ0v) is 15.5. The molecular weight excluding hydrogens is 344 g/mol. The second-order valence-corrected chi connectivity index (χ2v) is 7.87. The average Bonchev–Trinajstić information content (AvgIpc) is 3.24. The maximum absolute atomic E-state index is 4.93. The third kappa shape index (κ3) is 3.05. The molecule has 1 fully saturated rings. The lowest BCUT2D eigenvalue weighted by molar-refractivity contribution is 0.724. The van der Waals surface area contributed by atoms with Crippen molar-refractivity contribution in [3.8, 4) is 0 Å². The molecule has 1 saturated heterocycles. The molecule has 26 heavy (non-hydrogen) atoms. The van der Waals surface area contributed by atoms with Crippen LogP contribution in [0.4, 0.5) is 17.5 Å². The summed E-state index contributed by atoms with van der Waals surface area (Å²) in [6, 6.07) is 6.44. The fraction of sp³-hybridized carbons (Fsp3) is 0.421. The predicted octanol–water partition coefficient (Wildman–Crippen LogP) is 2.70. The maximum atomic E-state index is 4.93. The van der Waals surface area contributed by atoms with Crippen LogP contribution >= 0.6 is 11.8 Å². The van der Waals surface area contributed by atoms with E-state index in [4.69, 9.17) is 9.97 Å². The Balaban J connectivity index is 1.48. The first-order valence-corrected chi connectivity index (χ1v) is 10.4. The maximum Gasteiger partial charge on any atom is 0.227 e. The second-order valence-electron chi connectivity index (χ2n) is 6.89. The van der Waals surface area contributed by atoms with Crippen LogP contribution in [0.2, 0.25) is 0 Å². The van der Waals surface area contributed by atoms with Gasteiger partial charge in [0.25, 0.3) is 0 Å². The predicted molar refractivity (Wildman–Crippen MR) is 108 cm³/mol. The van der Waals surface area contributed by atoms with Gasteiger partial charge in [-0.2, -0.15) is 16.7 Å². The third-order valence-corrected chi connectivity index (χ3v) is 6.06. The minimum atomic E-state index is 0.794. The van der Waals surface area contributed by atoms with Crippen LogP contribution in [0.1, 0.15) is 28.8 Å². The Morgan fingerprint density at radius 2 is 2.12 bits per heavy atom. The SMILES string of the molecule is C1=NCc2ccc(Nc3nc(N4CCCNCC4)nc4c3CSC4)cc21. The van der Waals surface area contributed by atoms with Crippen molar-refractivity contribution in [2.75, 3.05) is 36.4 Å². The largest absolute Gasteiger partial charge is 0.340 e. The molecule has 5 rings (SSSR count). The van der Waals surface area contributed by atoms with Gasteiger partial charge < -0.3 is 15.5 Å². The van der Waals surface area contributed by atoms with Gasteiger partial charge in [-0.25, -0.2) is 4.98 Å². The van der Waals surface area contributed by atoms with Crippen LogP contribution < -0.4 is 15.5 Å². The van der Waals surface area contributed by atoms with E-state index in [2.05, 4.69) is 38.7 Å². The standard InChI is InChI=1S/C19H22N6S/c1-4-20-5-7-25(6-1)19-23-17-12-26-11-16(17)18(24-19)22-15-3-2-13-9-21-10-14(13)8-15/h2-3,8,10,20H,1,4-7,9,11-12H2,(H,22,23,24). The molecule has 0 amide bonds. The smallest absolute Gasteiger partial charge is 0.227 e. The summed E-state index contributed by atoms with van der Waals surface area (Å²) in [5.41, 5.74) is 5.99. The molecule has 1 aromatic carbocycles. The van der Waals surface area contributed by atoms with E-state index in [1.165, 1.54) is 22.4 Å². The van der Waals surface area contributed by atoms with Gasteiger partial charge in [0.05, 0.1) is 12.2 Å². The van der Waals surface area contributed by atoms with E-state index in [1.807, 2.05) is 18.0 Å². The number of aromatic nitrogens is 2. The van der Waals surface area contributed by atoms with Crippen LogP contribution in [0, 0.1) is 0 Å². The highest BCUT2D eigenvalue weighted by Crippen LogP contribution is 2.35. The van der Waals surface area contributed by atoms with Gasteiger partial charge in [0.1, 0.15) is 5.82 Å². The Hall–Kier alpha value is -2.12. The normalized spacial score (nSPS) is 18.5. The molecule has 1 aromatic heterocycles. The molecule has 2 aromatic rings. The van der Waals surface area contributed by atoms with E-state index in [1.54, 1.807) is 0 Å². The summed E-state index contributed by atoms with van der Waals surface area (Å²) in [4.78, 5) is 16.5. The van der Waals surface area contributed by atoms with Crippen LogP contribution in [-0.4, -0.2) is 42.4 Å². The lowest BCUT2D eigenvalue weighted by Gasteiger charge is -2.22. The highest BCUT2D eigenvalue weighted by atomic mass is 32.2. The molecule has 6 nitrogen and oxygen atoms in total. The third-order valence-electron chi connectivity index (χ3n) is 5.09. The highest BCUT2D eigenvalue weighted by molar-refractivity contribution is 7.98. The molecule has 4 heterocycles. The van der Waals surface area contributed by atoms with Crippen molar-refractivity contribution >= 4 is 35.4 Å². The molecule has 0 spiro atoms. The molecule has 2 N–H and O–H groups in total. The minimum Gasteiger partial charge on any atom is -0.340 e. The molecule has 0 unspecified atom stereocenters. The Morgan fingerprint density at radius 1 is 1.12 bits per heavy atom. The number of benzene rings is 1. The number of aliphatic imine (C=N–C) groups is 1. The summed E-state index contributed by atoms with van der Waals surface area (Å²) in [6.45, 7) is 4.82. The number of thioether (sulfide) groups is 1. The van der Waals surface area contributed by atoms with Gasteiger partial charge in [0.15, 0.2) is 0 Å². The van der Waals surface area contributed by atoms with Crippen molar-refractivity contribution in [1.82, 2.24) is 15.3 Å². The Kier molecular flexibility index (Phi) is 4.26. The lowest BCUT2D eigenvalue weighted by Crippen LogP contribution is -2.30. The second kappa shape index (κ2) is 6.89. The first-order valence-electron chi connectivity index (χ1n) is 9.20. The van der Waals surface area contributed by atoms with Crippen molar-refractivity contribution < 1.29 is 0 Å². The summed E-state index contributed by atoms with van der Waals surface area (Å²) in [6.07, 6.45) is 3.08. The molecule has 0 saturated carbocycles. The van der Waals surface area contributed by atoms with Gasteiger partial charge >= 0.3 is 0 Å². The number of fused-ring (bicyclic) bond motifs is 2. The van der Waals surface area contributed by atoms with E-state index in [0.29, 0.717) is 0 Å². The zero-order valence-electron chi connectivity index (χ0n) is 14.7. The first-order chi connectivity index (χ1) is 12.9. The van der Waals surface area contributed by atoms with Crippen molar-refractivity contribution in [2.45, 2.75) is 24.5 Å². The Labute approximate surface area is 157 Å². The summed E-state index contributed by atoms with van der Waals surface area (Å²) in [5.74, 6) is 3.77. The minimum absolute atomic E-state index is 0.794. The van der Waals surface area contributed by atoms with Crippen LogP contribution in [-0.2, 0) is 18.1 Å². The molecular formula is C19H22N6S. The van der Waals surface area contributed by atoms with Crippen molar-refractivity contribution in [2.24, 2.45) is 4.99 Å². The van der Waals surface area contributed by atoms with Crippen LogP contribution in [0.15, 0.2) is 23.2 Å². The van der Waals surface area contributed by atoms with E-state index < -0.39 is 0 Å². The Bertz CT molecular complexity index is 857. The van der Waals surface area contributed by atoms with Crippen LogP contribution in [0.3, 0.4) is 0 Å². The van der Waals surface area contributed by atoms with Gasteiger partial charge in [-0.15, -0.1) is 0 Å². The molecule has 7 heteroatoms. The van der Waals surface area contributed by atoms with Crippen molar-refractivity contribution in [1.29, 1.82) is 0 Å². The number of anilines is 3. The van der Waals surface area contributed by atoms with Crippen LogP contribution in [0.25, 0.3) is 0 Å². The van der Waals surface area contributed by atoms with Gasteiger partial charge in [0, 0.05) is 48.6 Å². The van der Waals surface area contributed by atoms with Gasteiger partial charge in [-0.3, -0.25) is 4.99 Å². The lowest BCUT2D eigenvalue weighted by atomic mass is 10.1. The number of nitrogens with zero attached hydrogens (tertiary/aromatic N) is 4. The zero-order chi connectivity index (χ0) is 17.3. The number of nitrogens with one attached hydrogen (secondary N) is 2. The first kappa shape index (κ1) is 16.1. The molecule has 3 aliphatic heterocycles. The topological polar surface area (TPSA) is 65.4 Å². The molecule has 0 atom stereocenters. The number of hydrogen-bond acceptors (Lipinski definition) is 7. The van der Waals surface area contributed by atoms with Crippen LogP contribution in [0.5, 0.6) is 0 Å². The molecule has 3 aliphatic rings. The van der Waals surface area contributed by atoms with Gasteiger partial charge in [0.2, 0.25) is 5.95 Å². The fourth-order valence-corrected chi connectivity index (χ4v) is 4.69. The number of rotatable bonds is 3. The summed E-state index contributed by atoms with van der Waals surface area (Å²) in [7, 11) is 0. The molecule has 134 valence electrons. The van der Waals surface area contributed by atoms with Gasteiger partial charge in [-0.1, -0.05) is 6.07 Å². The monoisotopic (exact) mass is 366 g/mol. The van der Waals surface area contributed by atoms with E-state index in [-0.39, 0.29) is 0 Å². The quantitative estimate of drug-likeness (QED) is 0.871. The Morgan fingerprint density at radius 3 is 3.12 bits per heavy atom. The summed E-state index contributed by atoms with van der Waals surface area (Å²) >= 11 is 1.91. The average molecular weight is 366 g/mol. The molecule has 0 aliphatic carbocycles. The van der Waals surface area contributed by atoms with Crippen molar-refractivity contribution in [3.63, 3.8) is 0 Å². The van der Waals surface area contributed by atoms with Gasteiger partial charge in [-0.05, 0) is 36.2 Å².